The van der Waals surface area contributed by atoms with Gasteiger partial charge >= 0.3 is 0 Å². The van der Waals surface area contributed by atoms with Gasteiger partial charge in [-0.15, -0.1) is 0 Å². The number of likely N-dealkylation sites (N-methyl/N-ethyl adjacent to an activating group) is 1. The molecule has 0 aliphatic carbocycles. The number of hydrogen-bond acceptors (Lipinski definition) is 3. The molecule has 0 spiro atoms. The van der Waals surface area contributed by atoms with Gasteiger partial charge in [-0.2, -0.15) is 0 Å². The van der Waals surface area contributed by atoms with Crippen LogP contribution in [-0.4, -0.2) is 29.8 Å². The summed E-state index contributed by atoms with van der Waals surface area (Å²) in [6.07, 6.45) is 0.936. The van der Waals surface area contributed by atoms with E-state index < -0.39 is 0 Å². The Kier molecular flexibility index (Phi) is 4.11. The summed E-state index contributed by atoms with van der Waals surface area (Å²) < 4.78 is 6.35. The lowest BCUT2D eigenvalue weighted by atomic mass is 9.77. The summed E-state index contributed by atoms with van der Waals surface area (Å²) in [7, 11) is 0. The maximum Gasteiger partial charge on any atom is 0.0877 e. The molecule has 0 radical (unpaired) electrons. The molecule has 3 heteroatoms. The van der Waals surface area contributed by atoms with Gasteiger partial charge in [0.15, 0.2) is 0 Å². The monoisotopic (exact) mass is 290 g/mol. The van der Waals surface area contributed by atoms with Crippen molar-refractivity contribution >= 4 is 5.69 Å². The highest BCUT2D eigenvalue weighted by Crippen LogP contribution is 2.49. The van der Waals surface area contributed by atoms with Gasteiger partial charge in [0.1, 0.15) is 0 Å². The molecule has 0 bridgehead atoms. The van der Waals surface area contributed by atoms with Crippen LogP contribution in [0.2, 0.25) is 0 Å². The minimum absolute atomic E-state index is 0.152. The molecule has 1 unspecified atom stereocenters. The van der Waals surface area contributed by atoms with E-state index in [1.165, 1.54) is 11.3 Å². The highest BCUT2D eigenvalue weighted by atomic mass is 16.5. The first-order valence-corrected chi connectivity index (χ1v) is 7.92. The fourth-order valence-corrected chi connectivity index (χ4v) is 4.04. The fourth-order valence-electron chi connectivity index (χ4n) is 4.04. The average Bonchev–Trinajstić information content (AvgIpc) is 2.58. The average molecular weight is 290 g/mol. The molecule has 118 valence electrons. The van der Waals surface area contributed by atoms with Crippen molar-refractivity contribution in [3.05, 3.63) is 29.8 Å². The zero-order valence-corrected chi connectivity index (χ0v) is 14.4. The largest absolute Gasteiger partial charge is 0.367 e. The molecule has 1 aromatic rings. The van der Waals surface area contributed by atoms with E-state index in [1.807, 2.05) is 0 Å². The summed E-state index contributed by atoms with van der Waals surface area (Å²) in [5.41, 5.74) is 8.17. The molecule has 1 aromatic carbocycles. The molecule has 1 fully saturated rings. The Morgan fingerprint density at radius 1 is 1.14 bits per heavy atom. The summed E-state index contributed by atoms with van der Waals surface area (Å²) in [5, 5.41) is 0. The fraction of sp³-hybridized carbons (Fsp3) is 0.667. The van der Waals surface area contributed by atoms with Crippen molar-refractivity contribution in [3.63, 3.8) is 0 Å². The third kappa shape index (κ3) is 2.69. The third-order valence-electron chi connectivity index (χ3n) is 4.89. The predicted molar refractivity (Wildman–Crippen MR) is 89.8 cm³/mol. The van der Waals surface area contributed by atoms with Crippen LogP contribution in [0.1, 0.15) is 46.6 Å². The first-order valence-electron chi connectivity index (χ1n) is 7.92. The second-order valence-electron chi connectivity index (χ2n) is 7.36. The van der Waals surface area contributed by atoms with Crippen molar-refractivity contribution in [2.24, 2.45) is 5.73 Å². The number of hydrogen-bond donors (Lipinski definition) is 1. The van der Waals surface area contributed by atoms with Crippen LogP contribution in [0.25, 0.3) is 0 Å². The topological polar surface area (TPSA) is 38.5 Å². The summed E-state index contributed by atoms with van der Waals surface area (Å²) in [6.45, 7) is 14.5. The standard InChI is InChI=1S/C18H30N2O/c1-7-20(15-10-8-14(2)9-11-15)18(13-19)12-16(3,4)21-17(18,5)6/h8-11H,7,12-13,19H2,1-6H3. The minimum Gasteiger partial charge on any atom is -0.367 e. The predicted octanol–water partition coefficient (Wildman–Crippen LogP) is 3.50. The van der Waals surface area contributed by atoms with Crippen molar-refractivity contribution < 1.29 is 4.74 Å². The number of benzene rings is 1. The minimum atomic E-state index is -0.286. The normalized spacial score (nSPS) is 26.8. The molecule has 0 saturated carbocycles. The van der Waals surface area contributed by atoms with E-state index in [-0.39, 0.29) is 16.7 Å². The lowest BCUT2D eigenvalue weighted by Crippen LogP contribution is -2.63. The Balaban J connectivity index is 2.49. The maximum absolute atomic E-state index is 6.35. The van der Waals surface area contributed by atoms with Gasteiger partial charge in [-0.1, -0.05) is 17.7 Å². The van der Waals surface area contributed by atoms with Crippen molar-refractivity contribution in [2.75, 3.05) is 18.0 Å². The molecule has 1 aliphatic heterocycles. The summed E-state index contributed by atoms with van der Waals surface area (Å²) in [5.74, 6) is 0. The van der Waals surface area contributed by atoms with Crippen molar-refractivity contribution in [2.45, 2.75) is 64.7 Å². The second-order valence-corrected chi connectivity index (χ2v) is 7.36. The molecule has 1 heterocycles. The number of nitrogens with zero attached hydrogens (tertiary/aromatic N) is 1. The highest BCUT2D eigenvalue weighted by molar-refractivity contribution is 5.52. The summed E-state index contributed by atoms with van der Waals surface area (Å²) >= 11 is 0. The van der Waals surface area contributed by atoms with E-state index in [2.05, 4.69) is 70.7 Å². The van der Waals surface area contributed by atoms with Crippen LogP contribution in [0.5, 0.6) is 0 Å². The Morgan fingerprint density at radius 2 is 1.71 bits per heavy atom. The Morgan fingerprint density at radius 3 is 2.10 bits per heavy atom. The van der Waals surface area contributed by atoms with Crippen LogP contribution >= 0.6 is 0 Å². The molecule has 0 aromatic heterocycles. The second kappa shape index (κ2) is 5.29. The third-order valence-corrected chi connectivity index (χ3v) is 4.89. The van der Waals surface area contributed by atoms with Gasteiger partial charge in [0.25, 0.3) is 0 Å². The number of rotatable bonds is 4. The van der Waals surface area contributed by atoms with Gasteiger partial charge < -0.3 is 15.4 Å². The van der Waals surface area contributed by atoms with Crippen LogP contribution in [0, 0.1) is 6.92 Å². The maximum atomic E-state index is 6.35. The van der Waals surface area contributed by atoms with E-state index in [4.69, 9.17) is 10.5 Å². The van der Waals surface area contributed by atoms with E-state index in [1.54, 1.807) is 0 Å². The van der Waals surface area contributed by atoms with E-state index in [0.29, 0.717) is 6.54 Å². The SMILES string of the molecule is CCN(c1ccc(C)cc1)C1(CN)CC(C)(C)OC1(C)C. The molecule has 21 heavy (non-hydrogen) atoms. The molecule has 3 nitrogen and oxygen atoms in total. The zero-order valence-electron chi connectivity index (χ0n) is 14.4. The molecule has 1 saturated heterocycles. The van der Waals surface area contributed by atoms with Crippen molar-refractivity contribution in [1.29, 1.82) is 0 Å². The first-order chi connectivity index (χ1) is 9.67. The lowest BCUT2D eigenvalue weighted by Gasteiger charge is -2.48. The molecular formula is C18H30N2O. The van der Waals surface area contributed by atoms with Gasteiger partial charge in [0.2, 0.25) is 0 Å². The molecular weight excluding hydrogens is 260 g/mol. The quantitative estimate of drug-likeness (QED) is 0.922. The van der Waals surface area contributed by atoms with Gasteiger partial charge in [0.05, 0.1) is 16.7 Å². The highest BCUT2D eigenvalue weighted by Gasteiger charge is 2.59. The Labute approximate surface area is 129 Å². The van der Waals surface area contributed by atoms with E-state index in [9.17, 15) is 0 Å². The van der Waals surface area contributed by atoms with Gasteiger partial charge in [0, 0.05) is 25.2 Å². The van der Waals surface area contributed by atoms with Crippen LogP contribution in [-0.2, 0) is 4.74 Å². The molecule has 1 aliphatic rings. The summed E-state index contributed by atoms with van der Waals surface area (Å²) in [4.78, 5) is 2.43. The van der Waals surface area contributed by atoms with Crippen LogP contribution in [0.4, 0.5) is 5.69 Å². The molecule has 2 rings (SSSR count). The number of nitrogens with two attached hydrogens (primary N) is 1. The smallest absolute Gasteiger partial charge is 0.0877 e. The number of aryl methyl sites for hydroxylation is 1. The lowest BCUT2D eigenvalue weighted by molar-refractivity contribution is -0.0783. The zero-order chi connectivity index (χ0) is 15.9. The van der Waals surface area contributed by atoms with Gasteiger partial charge in [-0.05, 0) is 53.7 Å². The Hall–Kier alpha value is -1.06. The van der Waals surface area contributed by atoms with Crippen LogP contribution < -0.4 is 10.6 Å². The molecule has 1 atom stereocenters. The van der Waals surface area contributed by atoms with Crippen LogP contribution in [0.15, 0.2) is 24.3 Å². The first kappa shape index (κ1) is 16.3. The Bertz CT molecular complexity index is 492. The molecule has 0 amide bonds. The van der Waals surface area contributed by atoms with Gasteiger partial charge in [-0.25, -0.2) is 0 Å². The number of anilines is 1. The van der Waals surface area contributed by atoms with E-state index >= 15 is 0 Å². The summed E-state index contributed by atoms with van der Waals surface area (Å²) in [6, 6.07) is 8.71. The van der Waals surface area contributed by atoms with Crippen molar-refractivity contribution in [1.82, 2.24) is 0 Å². The number of ether oxygens (including phenoxy) is 1. The van der Waals surface area contributed by atoms with Crippen molar-refractivity contribution in [3.8, 4) is 0 Å². The van der Waals surface area contributed by atoms with E-state index in [0.717, 1.165) is 13.0 Å². The van der Waals surface area contributed by atoms with Gasteiger partial charge in [-0.3, -0.25) is 0 Å². The molecule has 2 N–H and O–H groups in total. The van der Waals surface area contributed by atoms with Crippen LogP contribution in [0.3, 0.4) is 0 Å².